The van der Waals surface area contributed by atoms with Crippen molar-refractivity contribution >= 4 is 33.8 Å². The fraction of sp³-hybridized carbons (Fsp3) is 0.182. The van der Waals surface area contributed by atoms with Gasteiger partial charge in [0.2, 0.25) is 0 Å². The molecule has 5 heteroatoms. The first-order valence-electron chi connectivity index (χ1n) is 12.9. The third-order valence-corrected chi connectivity index (χ3v) is 6.92. The topological polar surface area (TPSA) is 35.4 Å². The summed E-state index contributed by atoms with van der Waals surface area (Å²) >= 11 is 5.94. The van der Waals surface area contributed by atoms with Crippen molar-refractivity contribution in [1.29, 1.82) is 0 Å². The van der Waals surface area contributed by atoms with Crippen LogP contribution in [0.2, 0.25) is 0 Å². The minimum atomic E-state index is 0.242. The van der Waals surface area contributed by atoms with Gasteiger partial charge in [-0.25, -0.2) is 0 Å². The van der Waals surface area contributed by atoms with E-state index >= 15 is 0 Å². The Kier molecular flexibility index (Phi) is 7.75. The van der Waals surface area contributed by atoms with Crippen molar-refractivity contribution in [3.8, 4) is 11.5 Å². The minimum absolute atomic E-state index is 0.242. The molecule has 0 saturated carbocycles. The Morgan fingerprint density at radius 2 is 1.42 bits per heavy atom. The molecule has 1 aromatic heterocycles. The van der Waals surface area contributed by atoms with E-state index in [0.717, 1.165) is 39.1 Å². The van der Waals surface area contributed by atoms with Gasteiger partial charge in [-0.2, -0.15) is 0 Å². The first kappa shape index (κ1) is 25.6. The van der Waals surface area contributed by atoms with Crippen molar-refractivity contribution in [1.82, 2.24) is 4.57 Å². The first-order chi connectivity index (χ1) is 18.5. The van der Waals surface area contributed by atoms with E-state index in [-0.39, 0.29) is 5.92 Å². The lowest BCUT2D eigenvalue weighted by molar-refractivity contribution is 0.287. The number of ether oxygens (including phenoxy) is 2. The van der Waals surface area contributed by atoms with E-state index < -0.39 is 0 Å². The predicted molar refractivity (Wildman–Crippen MR) is 160 cm³/mol. The van der Waals surface area contributed by atoms with Crippen molar-refractivity contribution in [3.05, 3.63) is 126 Å². The number of hydrogen-bond donors (Lipinski definition) is 1. The average Bonchev–Trinajstić information content (AvgIpc) is 3.31. The highest BCUT2D eigenvalue weighted by molar-refractivity contribution is 7.81. The van der Waals surface area contributed by atoms with Crippen LogP contribution in [0.3, 0.4) is 0 Å². The smallest absolute Gasteiger partial charge is 0.133 e. The fourth-order valence-electron chi connectivity index (χ4n) is 4.48. The number of anilines is 1. The third kappa shape index (κ3) is 5.90. The van der Waals surface area contributed by atoms with Crippen molar-refractivity contribution in [3.63, 3.8) is 0 Å². The summed E-state index contributed by atoms with van der Waals surface area (Å²) in [5.74, 6) is 1.75. The molecule has 0 aliphatic carbocycles. The molecule has 0 fully saturated rings. The van der Waals surface area contributed by atoms with Crippen LogP contribution in [-0.4, -0.2) is 9.56 Å². The van der Waals surface area contributed by atoms with Gasteiger partial charge in [-0.05, 0) is 52.9 Å². The van der Waals surface area contributed by atoms with Crippen LogP contribution in [0.5, 0.6) is 11.5 Å². The lowest BCUT2D eigenvalue weighted by Crippen LogP contribution is -2.14. The van der Waals surface area contributed by atoms with Gasteiger partial charge in [0.05, 0.1) is 5.56 Å². The fourth-order valence-corrected chi connectivity index (χ4v) is 4.76. The molecule has 192 valence electrons. The van der Waals surface area contributed by atoms with E-state index in [1.54, 1.807) is 0 Å². The van der Waals surface area contributed by atoms with Crippen LogP contribution in [0.25, 0.3) is 10.9 Å². The highest BCUT2D eigenvalue weighted by atomic mass is 32.1. The summed E-state index contributed by atoms with van der Waals surface area (Å²) in [6, 6.07) is 32.8. The number of aryl methyl sites for hydroxylation is 1. The Hall–Kier alpha value is -4.09. The van der Waals surface area contributed by atoms with Gasteiger partial charge in [0.25, 0.3) is 0 Å². The van der Waals surface area contributed by atoms with Gasteiger partial charge in [0, 0.05) is 35.9 Å². The zero-order valence-corrected chi connectivity index (χ0v) is 22.8. The molecule has 0 aliphatic heterocycles. The molecule has 0 saturated heterocycles. The van der Waals surface area contributed by atoms with Crippen molar-refractivity contribution < 1.29 is 9.47 Å². The normalized spacial score (nSPS) is 11.1. The maximum atomic E-state index is 6.37. The molecule has 5 rings (SSSR count). The highest BCUT2D eigenvalue weighted by Crippen LogP contribution is 2.36. The summed E-state index contributed by atoms with van der Waals surface area (Å²) < 4.78 is 14.8. The monoisotopic (exact) mass is 520 g/mol. The van der Waals surface area contributed by atoms with Crippen LogP contribution in [0.1, 0.15) is 42.0 Å². The van der Waals surface area contributed by atoms with Gasteiger partial charge in [-0.15, -0.1) is 0 Å². The number of hydrogen-bond acceptors (Lipinski definition) is 3. The van der Waals surface area contributed by atoms with Crippen molar-refractivity contribution in [2.45, 2.75) is 33.0 Å². The molecule has 0 spiro atoms. The molecule has 1 heterocycles. The van der Waals surface area contributed by atoms with E-state index in [4.69, 9.17) is 21.7 Å². The molecular formula is C33H32N2O2S. The van der Waals surface area contributed by atoms with Gasteiger partial charge in [-0.3, -0.25) is 0 Å². The van der Waals surface area contributed by atoms with Gasteiger partial charge in [0.1, 0.15) is 29.7 Å². The molecule has 0 radical (unpaired) electrons. The lowest BCUT2D eigenvalue weighted by Gasteiger charge is -2.20. The zero-order chi connectivity index (χ0) is 26.5. The number of thiocarbonyl (C=S) groups is 1. The maximum Gasteiger partial charge on any atom is 0.133 e. The molecular weight excluding hydrogens is 488 g/mol. The quantitative estimate of drug-likeness (QED) is 0.199. The number of rotatable bonds is 9. The summed E-state index contributed by atoms with van der Waals surface area (Å²) in [6.45, 7) is 5.25. The van der Waals surface area contributed by atoms with Crippen LogP contribution in [0.15, 0.2) is 103 Å². The molecule has 0 bridgehead atoms. The highest BCUT2D eigenvalue weighted by Gasteiger charge is 2.18. The van der Waals surface area contributed by atoms with Crippen LogP contribution in [-0.2, 0) is 20.3 Å². The molecule has 4 nitrogen and oxygen atoms in total. The van der Waals surface area contributed by atoms with E-state index in [9.17, 15) is 0 Å². The lowest BCUT2D eigenvalue weighted by atomic mass is 9.98. The molecule has 38 heavy (non-hydrogen) atoms. The van der Waals surface area contributed by atoms with Gasteiger partial charge in [-0.1, -0.05) is 86.7 Å². The van der Waals surface area contributed by atoms with Gasteiger partial charge in [0.15, 0.2) is 0 Å². The predicted octanol–water partition coefficient (Wildman–Crippen LogP) is 8.25. The summed E-state index contributed by atoms with van der Waals surface area (Å²) in [7, 11) is 2.05. The Balaban J connectivity index is 1.47. The summed E-state index contributed by atoms with van der Waals surface area (Å²) in [5.41, 5.74) is 6.26. The molecule has 0 aliphatic rings. The standard InChI is InChI=1S/C33H32N2O2S/c1-23(2)28-19-29(33(38)34-27-14-15-30-26(18-27)16-17-35(30)3)32(37-22-25-12-8-5-9-13-25)20-31(28)36-21-24-10-6-4-7-11-24/h4-20,23H,21-22H2,1-3H3,(H,34,38). The van der Waals surface area contributed by atoms with Crippen molar-refractivity contribution in [2.75, 3.05) is 5.32 Å². The SMILES string of the molecule is CC(C)c1cc(C(=S)Nc2ccc3c(ccn3C)c2)c(OCc2ccccc2)cc1OCc1ccccc1. The Morgan fingerprint density at radius 1 is 0.789 bits per heavy atom. The van der Waals surface area contributed by atoms with Gasteiger partial charge < -0.3 is 19.4 Å². The molecule has 1 N–H and O–H groups in total. The van der Waals surface area contributed by atoms with Crippen molar-refractivity contribution in [2.24, 2.45) is 7.05 Å². The van der Waals surface area contributed by atoms with Crippen LogP contribution in [0.4, 0.5) is 5.69 Å². The maximum absolute atomic E-state index is 6.37. The summed E-state index contributed by atoms with van der Waals surface area (Å²) in [4.78, 5) is 0.611. The third-order valence-electron chi connectivity index (χ3n) is 6.60. The summed E-state index contributed by atoms with van der Waals surface area (Å²) in [5, 5.41) is 4.60. The molecule has 0 amide bonds. The number of nitrogens with one attached hydrogen (secondary N) is 1. The Morgan fingerprint density at radius 3 is 2.05 bits per heavy atom. The number of fused-ring (bicyclic) bond motifs is 1. The second kappa shape index (κ2) is 11.5. The number of benzene rings is 4. The molecule has 0 unspecified atom stereocenters. The Bertz CT molecular complexity index is 1540. The number of aromatic nitrogens is 1. The van der Waals surface area contributed by atoms with Crippen LogP contribution >= 0.6 is 12.2 Å². The summed E-state index contributed by atoms with van der Waals surface area (Å²) in [6.07, 6.45) is 2.06. The second-order valence-corrected chi connectivity index (χ2v) is 10.2. The largest absolute Gasteiger partial charge is 0.488 e. The van der Waals surface area contributed by atoms with Crippen LogP contribution < -0.4 is 14.8 Å². The molecule has 5 aromatic rings. The van der Waals surface area contributed by atoms with Crippen LogP contribution in [0, 0.1) is 0 Å². The van der Waals surface area contributed by atoms with Gasteiger partial charge >= 0.3 is 0 Å². The average molecular weight is 521 g/mol. The van der Waals surface area contributed by atoms with E-state index in [0.29, 0.717) is 24.0 Å². The van der Waals surface area contributed by atoms with E-state index in [1.807, 2.05) is 49.5 Å². The molecule has 0 atom stereocenters. The van der Waals surface area contributed by atoms with E-state index in [1.165, 1.54) is 5.52 Å². The zero-order valence-electron chi connectivity index (χ0n) is 22.0. The minimum Gasteiger partial charge on any atom is -0.488 e. The first-order valence-corrected chi connectivity index (χ1v) is 13.3. The number of nitrogens with zero attached hydrogens (tertiary/aromatic N) is 1. The molecule has 4 aromatic carbocycles. The Labute approximate surface area is 229 Å². The van der Waals surface area contributed by atoms with E-state index in [2.05, 4.69) is 84.5 Å². The second-order valence-electron chi connectivity index (χ2n) is 9.74.